The van der Waals surface area contributed by atoms with Gasteiger partial charge in [0.25, 0.3) is 5.91 Å². The zero-order valence-corrected chi connectivity index (χ0v) is 14.6. The van der Waals surface area contributed by atoms with E-state index in [2.05, 4.69) is 4.98 Å². The van der Waals surface area contributed by atoms with Gasteiger partial charge in [0.05, 0.1) is 16.5 Å². The molecular formula is C15H18N2O4S2. The third-order valence-corrected chi connectivity index (χ3v) is 6.46. The molecule has 0 spiro atoms. The standard InChI is InChI=1S/C15H18N2O4S2/c1-3-17(11-6-7-23(19,20)9-11)15(18)14-5-4-13(21-14)12-8-22-10(2)16-12/h4-5,8,11H,3,6-7,9H2,1-2H3. The minimum Gasteiger partial charge on any atom is -0.449 e. The summed E-state index contributed by atoms with van der Waals surface area (Å²) in [5.74, 6) is 0.673. The average molecular weight is 354 g/mol. The first-order chi connectivity index (χ1) is 10.9. The molecule has 1 aliphatic heterocycles. The maximum absolute atomic E-state index is 12.6. The van der Waals surface area contributed by atoms with Crippen LogP contribution in [0.25, 0.3) is 11.5 Å². The number of hydrogen-bond acceptors (Lipinski definition) is 6. The molecule has 0 bridgehead atoms. The van der Waals surface area contributed by atoms with Crippen molar-refractivity contribution >= 4 is 27.1 Å². The summed E-state index contributed by atoms with van der Waals surface area (Å²) in [7, 11) is -3.03. The average Bonchev–Trinajstić information content (AvgIpc) is 3.19. The second kappa shape index (κ2) is 6.09. The van der Waals surface area contributed by atoms with Crippen LogP contribution in [0.15, 0.2) is 21.9 Å². The van der Waals surface area contributed by atoms with E-state index in [4.69, 9.17) is 4.42 Å². The second-order valence-corrected chi connectivity index (χ2v) is 8.85. The quantitative estimate of drug-likeness (QED) is 0.842. The highest BCUT2D eigenvalue weighted by atomic mass is 32.2. The summed E-state index contributed by atoms with van der Waals surface area (Å²) in [4.78, 5) is 18.6. The Balaban J connectivity index is 1.80. The Bertz CT molecular complexity index is 822. The summed E-state index contributed by atoms with van der Waals surface area (Å²) in [6.45, 7) is 4.20. The van der Waals surface area contributed by atoms with Crippen molar-refractivity contribution in [2.75, 3.05) is 18.1 Å². The summed E-state index contributed by atoms with van der Waals surface area (Å²) in [5, 5.41) is 2.81. The van der Waals surface area contributed by atoms with E-state index < -0.39 is 9.84 Å². The number of nitrogens with zero attached hydrogens (tertiary/aromatic N) is 2. The van der Waals surface area contributed by atoms with Gasteiger partial charge in [0.1, 0.15) is 5.69 Å². The molecule has 1 unspecified atom stereocenters. The van der Waals surface area contributed by atoms with E-state index in [-0.39, 0.29) is 29.2 Å². The Morgan fingerprint density at radius 3 is 2.83 bits per heavy atom. The lowest BCUT2D eigenvalue weighted by Crippen LogP contribution is -2.40. The predicted molar refractivity (Wildman–Crippen MR) is 88.3 cm³/mol. The summed E-state index contributed by atoms with van der Waals surface area (Å²) in [5.41, 5.74) is 0.707. The Kier molecular flexibility index (Phi) is 4.29. The molecule has 2 aromatic rings. The van der Waals surface area contributed by atoms with Crippen molar-refractivity contribution in [3.05, 3.63) is 28.3 Å². The molecule has 0 radical (unpaired) electrons. The Morgan fingerprint density at radius 1 is 1.48 bits per heavy atom. The largest absolute Gasteiger partial charge is 0.449 e. The molecule has 3 heterocycles. The molecule has 1 saturated heterocycles. The van der Waals surface area contributed by atoms with E-state index in [0.29, 0.717) is 24.4 Å². The highest BCUT2D eigenvalue weighted by molar-refractivity contribution is 7.91. The number of carbonyl (C=O) groups is 1. The van der Waals surface area contributed by atoms with Gasteiger partial charge in [-0.05, 0) is 32.4 Å². The van der Waals surface area contributed by atoms with Crippen molar-refractivity contribution in [2.45, 2.75) is 26.3 Å². The lowest BCUT2D eigenvalue weighted by molar-refractivity contribution is 0.0676. The first-order valence-electron chi connectivity index (χ1n) is 7.43. The lowest BCUT2D eigenvalue weighted by Gasteiger charge is -2.25. The first-order valence-corrected chi connectivity index (χ1v) is 10.1. The smallest absolute Gasteiger partial charge is 0.289 e. The molecule has 2 aromatic heterocycles. The third-order valence-electron chi connectivity index (χ3n) is 3.94. The van der Waals surface area contributed by atoms with Crippen LogP contribution in [-0.4, -0.2) is 48.3 Å². The minimum atomic E-state index is -3.03. The molecule has 0 N–H and O–H groups in total. The number of hydrogen-bond donors (Lipinski definition) is 0. The minimum absolute atomic E-state index is 0.0332. The topological polar surface area (TPSA) is 80.5 Å². The van der Waals surface area contributed by atoms with Crippen LogP contribution in [0.1, 0.15) is 28.9 Å². The number of amides is 1. The molecule has 1 aliphatic rings. The highest BCUT2D eigenvalue weighted by Crippen LogP contribution is 2.26. The molecular weight excluding hydrogens is 336 g/mol. The molecule has 3 rings (SSSR count). The maximum atomic E-state index is 12.6. The number of furan rings is 1. The molecule has 1 atom stereocenters. The fourth-order valence-corrected chi connectivity index (χ4v) is 5.13. The van der Waals surface area contributed by atoms with E-state index in [0.717, 1.165) is 5.01 Å². The summed E-state index contributed by atoms with van der Waals surface area (Å²) >= 11 is 1.51. The number of rotatable bonds is 4. The van der Waals surface area contributed by atoms with Crippen LogP contribution < -0.4 is 0 Å². The molecule has 1 amide bonds. The van der Waals surface area contributed by atoms with Crippen LogP contribution in [0.2, 0.25) is 0 Å². The molecule has 0 saturated carbocycles. The van der Waals surface area contributed by atoms with Crippen LogP contribution in [0, 0.1) is 6.92 Å². The van der Waals surface area contributed by atoms with Gasteiger partial charge < -0.3 is 9.32 Å². The van der Waals surface area contributed by atoms with E-state index >= 15 is 0 Å². The molecule has 124 valence electrons. The number of carbonyl (C=O) groups excluding carboxylic acids is 1. The first kappa shape index (κ1) is 16.2. The summed E-state index contributed by atoms with van der Waals surface area (Å²) in [6, 6.07) is 3.08. The highest BCUT2D eigenvalue weighted by Gasteiger charge is 2.35. The Labute approximate surface area is 139 Å². The van der Waals surface area contributed by atoms with Gasteiger partial charge in [-0.25, -0.2) is 13.4 Å². The van der Waals surface area contributed by atoms with Gasteiger partial charge in [0, 0.05) is 18.0 Å². The zero-order chi connectivity index (χ0) is 16.6. The van der Waals surface area contributed by atoms with Crippen molar-refractivity contribution in [1.29, 1.82) is 0 Å². The molecule has 23 heavy (non-hydrogen) atoms. The number of sulfone groups is 1. The monoisotopic (exact) mass is 354 g/mol. The fraction of sp³-hybridized carbons (Fsp3) is 0.467. The van der Waals surface area contributed by atoms with E-state index in [1.807, 2.05) is 19.2 Å². The van der Waals surface area contributed by atoms with Gasteiger partial charge in [-0.3, -0.25) is 4.79 Å². The second-order valence-electron chi connectivity index (χ2n) is 5.56. The fourth-order valence-electron chi connectivity index (χ4n) is 2.80. The van der Waals surface area contributed by atoms with Crippen LogP contribution in [0.5, 0.6) is 0 Å². The van der Waals surface area contributed by atoms with Crippen LogP contribution in [-0.2, 0) is 9.84 Å². The van der Waals surface area contributed by atoms with Gasteiger partial charge >= 0.3 is 0 Å². The van der Waals surface area contributed by atoms with Gasteiger partial charge in [-0.15, -0.1) is 11.3 Å². The Hall–Kier alpha value is -1.67. The maximum Gasteiger partial charge on any atom is 0.289 e. The van der Waals surface area contributed by atoms with Gasteiger partial charge in [-0.2, -0.15) is 0 Å². The van der Waals surface area contributed by atoms with Gasteiger partial charge in [-0.1, -0.05) is 0 Å². The zero-order valence-electron chi connectivity index (χ0n) is 13.0. The predicted octanol–water partition coefficient (Wildman–Crippen LogP) is 2.36. The summed E-state index contributed by atoms with van der Waals surface area (Å²) in [6.07, 6.45) is 0.487. The molecule has 0 aromatic carbocycles. The molecule has 0 aliphatic carbocycles. The van der Waals surface area contributed by atoms with Crippen LogP contribution >= 0.6 is 11.3 Å². The van der Waals surface area contributed by atoms with E-state index in [1.54, 1.807) is 17.0 Å². The SMILES string of the molecule is CCN(C(=O)c1ccc(-c2csc(C)n2)o1)C1CCS(=O)(=O)C1. The third kappa shape index (κ3) is 3.32. The number of aryl methyl sites for hydroxylation is 1. The molecule has 6 nitrogen and oxygen atoms in total. The van der Waals surface area contributed by atoms with Crippen molar-refractivity contribution < 1.29 is 17.6 Å². The summed E-state index contributed by atoms with van der Waals surface area (Å²) < 4.78 is 28.9. The van der Waals surface area contributed by atoms with Crippen molar-refractivity contribution in [3.63, 3.8) is 0 Å². The van der Waals surface area contributed by atoms with Crippen molar-refractivity contribution in [1.82, 2.24) is 9.88 Å². The Morgan fingerprint density at radius 2 is 2.26 bits per heavy atom. The van der Waals surface area contributed by atoms with Crippen molar-refractivity contribution in [3.8, 4) is 11.5 Å². The molecule has 8 heteroatoms. The van der Waals surface area contributed by atoms with Gasteiger partial charge in [0.2, 0.25) is 0 Å². The number of thiazole rings is 1. The van der Waals surface area contributed by atoms with Gasteiger partial charge in [0.15, 0.2) is 21.4 Å². The van der Waals surface area contributed by atoms with E-state index in [1.165, 1.54) is 11.3 Å². The van der Waals surface area contributed by atoms with Crippen molar-refractivity contribution in [2.24, 2.45) is 0 Å². The lowest BCUT2D eigenvalue weighted by atomic mass is 10.2. The van der Waals surface area contributed by atoms with Crippen LogP contribution in [0.4, 0.5) is 0 Å². The number of aromatic nitrogens is 1. The normalized spacial score (nSPS) is 19.8. The van der Waals surface area contributed by atoms with Crippen LogP contribution in [0.3, 0.4) is 0 Å². The molecule has 1 fully saturated rings. The van der Waals surface area contributed by atoms with E-state index in [9.17, 15) is 13.2 Å².